The lowest BCUT2D eigenvalue weighted by Gasteiger charge is -2.07. The predicted octanol–water partition coefficient (Wildman–Crippen LogP) is 4.39. The molecule has 0 radical (unpaired) electrons. The van der Waals surface area contributed by atoms with Gasteiger partial charge in [-0.15, -0.1) is 0 Å². The summed E-state index contributed by atoms with van der Waals surface area (Å²) in [4.78, 5) is 0. The Bertz CT molecular complexity index is 485. The molecule has 88 valence electrons. The number of benzene rings is 2. The maximum atomic E-state index is 6.14. The van der Waals surface area contributed by atoms with E-state index in [0.29, 0.717) is 0 Å². The summed E-state index contributed by atoms with van der Waals surface area (Å²) >= 11 is 9.54. The fourth-order valence-electron chi connectivity index (χ4n) is 1.60. The third kappa shape index (κ3) is 3.84. The lowest BCUT2D eigenvalue weighted by atomic mass is 10.2. The van der Waals surface area contributed by atoms with E-state index in [1.807, 2.05) is 36.4 Å². The minimum atomic E-state index is 0.779. The van der Waals surface area contributed by atoms with Gasteiger partial charge in [0.05, 0.1) is 0 Å². The highest BCUT2D eigenvalue weighted by Gasteiger charge is 2.00. The van der Waals surface area contributed by atoms with Gasteiger partial charge in [0, 0.05) is 22.6 Å². The van der Waals surface area contributed by atoms with E-state index in [1.54, 1.807) is 0 Å². The molecule has 1 N–H and O–H groups in total. The zero-order chi connectivity index (χ0) is 12.1. The molecule has 0 aromatic heterocycles. The van der Waals surface area contributed by atoms with Crippen LogP contribution in [0.15, 0.2) is 53.0 Å². The summed E-state index contributed by atoms with van der Waals surface area (Å²) in [5.41, 5.74) is 2.39. The molecule has 2 aromatic carbocycles. The van der Waals surface area contributed by atoms with Gasteiger partial charge < -0.3 is 5.32 Å². The van der Waals surface area contributed by atoms with E-state index in [1.165, 1.54) is 5.56 Å². The van der Waals surface area contributed by atoms with Crippen molar-refractivity contribution in [2.75, 3.05) is 0 Å². The van der Waals surface area contributed by atoms with Crippen molar-refractivity contribution in [1.82, 2.24) is 5.32 Å². The van der Waals surface area contributed by atoms with Crippen LogP contribution in [0.4, 0.5) is 0 Å². The summed E-state index contributed by atoms with van der Waals surface area (Å²) in [6.45, 7) is 1.63. The van der Waals surface area contributed by atoms with Gasteiger partial charge >= 0.3 is 0 Å². The van der Waals surface area contributed by atoms with Crippen LogP contribution in [-0.2, 0) is 13.1 Å². The molecule has 0 fully saturated rings. The van der Waals surface area contributed by atoms with Crippen molar-refractivity contribution in [3.05, 3.63) is 69.2 Å². The third-order valence-corrected chi connectivity index (χ3v) is 3.35. The second-order valence-electron chi connectivity index (χ2n) is 3.82. The van der Waals surface area contributed by atoms with Crippen LogP contribution in [0.2, 0.25) is 5.02 Å². The van der Waals surface area contributed by atoms with Gasteiger partial charge in [-0.2, -0.15) is 0 Å². The molecule has 0 amide bonds. The number of nitrogens with one attached hydrogen (secondary N) is 1. The quantitative estimate of drug-likeness (QED) is 0.883. The van der Waals surface area contributed by atoms with Gasteiger partial charge in [0.15, 0.2) is 0 Å². The Kier molecular flexibility index (Phi) is 4.60. The van der Waals surface area contributed by atoms with Crippen LogP contribution in [0.5, 0.6) is 0 Å². The Morgan fingerprint density at radius 2 is 1.76 bits per heavy atom. The van der Waals surface area contributed by atoms with Crippen LogP contribution < -0.4 is 5.32 Å². The standard InChI is InChI=1S/C14H13BrClN/c15-13-7-6-12(14(16)8-13)10-17-9-11-4-2-1-3-5-11/h1-8,17H,9-10H2. The molecule has 0 saturated carbocycles. The van der Waals surface area contributed by atoms with Crippen molar-refractivity contribution in [2.24, 2.45) is 0 Å². The van der Waals surface area contributed by atoms with Gasteiger partial charge in [0.1, 0.15) is 0 Å². The molecule has 0 heterocycles. The first-order valence-corrected chi connectivity index (χ1v) is 6.61. The summed E-state index contributed by atoms with van der Waals surface area (Å²) in [6.07, 6.45) is 0. The summed E-state index contributed by atoms with van der Waals surface area (Å²) in [7, 11) is 0. The van der Waals surface area contributed by atoms with Crippen molar-refractivity contribution in [3.8, 4) is 0 Å². The largest absolute Gasteiger partial charge is 0.309 e. The molecule has 0 aliphatic rings. The van der Waals surface area contributed by atoms with Crippen molar-refractivity contribution in [3.63, 3.8) is 0 Å². The van der Waals surface area contributed by atoms with Gasteiger partial charge in [-0.25, -0.2) is 0 Å². The van der Waals surface area contributed by atoms with Gasteiger partial charge in [0.25, 0.3) is 0 Å². The Balaban J connectivity index is 1.90. The summed E-state index contributed by atoms with van der Waals surface area (Å²) in [5.74, 6) is 0. The molecule has 0 atom stereocenters. The molecule has 0 saturated heterocycles. The summed E-state index contributed by atoms with van der Waals surface area (Å²) < 4.78 is 1.01. The highest BCUT2D eigenvalue weighted by Crippen LogP contribution is 2.21. The molecule has 2 aromatic rings. The Labute approximate surface area is 115 Å². The van der Waals surface area contributed by atoms with Crippen molar-refractivity contribution in [2.45, 2.75) is 13.1 Å². The molecule has 0 unspecified atom stereocenters. The Morgan fingerprint density at radius 1 is 1.00 bits per heavy atom. The van der Waals surface area contributed by atoms with Crippen LogP contribution in [-0.4, -0.2) is 0 Å². The third-order valence-electron chi connectivity index (χ3n) is 2.50. The van der Waals surface area contributed by atoms with Crippen LogP contribution in [0.3, 0.4) is 0 Å². The number of hydrogen-bond acceptors (Lipinski definition) is 1. The SMILES string of the molecule is Clc1cc(Br)ccc1CNCc1ccccc1. The summed E-state index contributed by atoms with van der Waals surface area (Å²) in [5, 5.41) is 4.17. The van der Waals surface area contributed by atoms with E-state index in [-0.39, 0.29) is 0 Å². The predicted molar refractivity (Wildman–Crippen MR) is 76.1 cm³/mol. The molecule has 2 rings (SSSR count). The van der Waals surface area contributed by atoms with E-state index < -0.39 is 0 Å². The van der Waals surface area contributed by atoms with Gasteiger partial charge in [-0.05, 0) is 23.3 Å². The average molecular weight is 311 g/mol. The molecule has 0 spiro atoms. The average Bonchev–Trinajstić information content (AvgIpc) is 2.33. The first-order valence-electron chi connectivity index (χ1n) is 5.44. The van der Waals surface area contributed by atoms with Crippen molar-refractivity contribution in [1.29, 1.82) is 0 Å². The molecule has 17 heavy (non-hydrogen) atoms. The fourth-order valence-corrected chi connectivity index (χ4v) is 2.34. The minimum absolute atomic E-state index is 0.779. The topological polar surface area (TPSA) is 12.0 Å². The van der Waals surface area contributed by atoms with Crippen LogP contribution >= 0.6 is 27.5 Å². The number of rotatable bonds is 4. The normalized spacial score (nSPS) is 10.5. The van der Waals surface area contributed by atoms with Crippen molar-refractivity contribution >= 4 is 27.5 Å². The van der Waals surface area contributed by atoms with Crippen LogP contribution in [0.1, 0.15) is 11.1 Å². The van der Waals surface area contributed by atoms with E-state index in [0.717, 1.165) is 28.1 Å². The maximum absolute atomic E-state index is 6.14. The lowest BCUT2D eigenvalue weighted by Crippen LogP contribution is -2.12. The molecular formula is C14H13BrClN. The zero-order valence-electron chi connectivity index (χ0n) is 9.29. The monoisotopic (exact) mass is 309 g/mol. The maximum Gasteiger partial charge on any atom is 0.0462 e. The molecule has 0 aliphatic carbocycles. The van der Waals surface area contributed by atoms with E-state index >= 15 is 0 Å². The molecule has 0 bridgehead atoms. The van der Waals surface area contributed by atoms with Crippen molar-refractivity contribution < 1.29 is 0 Å². The van der Waals surface area contributed by atoms with Gasteiger partial charge in [0.2, 0.25) is 0 Å². The minimum Gasteiger partial charge on any atom is -0.309 e. The van der Waals surface area contributed by atoms with E-state index in [2.05, 4.69) is 33.4 Å². The van der Waals surface area contributed by atoms with E-state index in [9.17, 15) is 0 Å². The second-order valence-corrected chi connectivity index (χ2v) is 5.15. The molecule has 0 aliphatic heterocycles. The fraction of sp³-hybridized carbons (Fsp3) is 0.143. The van der Waals surface area contributed by atoms with E-state index in [4.69, 9.17) is 11.6 Å². The smallest absolute Gasteiger partial charge is 0.0462 e. The Morgan fingerprint density at radius 3 is 2.47 bits per heavy atom. The second kappa shape index (κ2) is 6.20. The highest BCUT2D eigenvalue weighted by molar-refractivity contribution is 9.10. The first-order chi connectivity index (χ1) is 8.25. The van der Waals surface area contributed by atoms with Crippen LogP contribution in [0.25, 0.3) is 0 Å². The summed E-state index contributed by atoms with van der Waals surface area (Å²) in [6, 6.07) is 16.3. The van der Waals surface area contributed by atoms with Gasteiger partial charge in [-0.3, -0.25) is 0 Å². The first kappa shape index (κ1) is 12.6. The molecule has 3 heteroatoms. The number of halogens is 2. The zero-order valence-corrected chi connectivity index (χ0v) is 11.6. The Hall–Kier alpha value is -0.830. The lowest BCUT2D eigenvalue weighted by molar-refractivity contribution is 0.693. The van der Waals surface area contributed by atoms with Crippen LogP contribution in [0, 0.1) is 0 Å². The molecular weight excluding hydrogens is 298 g/mol. The van der Waals surface area contributed by atoms with Gasteiger partial charge in [-0.1, -0.05) is 63.9 Å². The highest BCUT2D eigenvalue weighted by atomic mass is 79.9. The number of hydrogen-bond donors (Lipinski definition) is 1. The molecule has 1 nitrogen and oxygen atoms in total.